The molecular formula is C15H14Br2FN. The van der Waals surface area contributed by atoms with Crippen LogP contribution in [0.2, 0.25) is 0 Å². The van der Waals surface area contributed by atoms with Gasteiger partial charge >= 0.3 is 0 Å². The van der Waals surface area contributed by atoms with Crippen molar-refractivity contribution < 1.29 is 4.39 Å². The Morgan fingerprint density at radius 2 is 1.74 bits per heavy atom. The predicted molar refractivity (Wildman–Crippen MR) is 83.7 cm³/mol. The van der Waals surface area contributed by atoms with Crippen molar-refractivity contribution in [1.82, 2.24) is 0 Å². The van der Waals surface area contributed by atoms with E-state index in [-0.39, 0.29) is 11.7 Å². The second kappa shape index (κ2) is 6.64. The van der Waals surface area contributed by atoms with Gasteiger partial charge in [-0.1, -0.05) is 34.1 Å². The molecule has 0 saturated heterocycles. The van der Waals surface area contributed by atoms with E-state index in [4.69, 9.17) is 5.73 Å². The average Bonchev–Trinajstić information content (AvgIpc) is 2.41. The fourth-order valence-electron chi connectivity index (χ4n) is 2.02. The van der Waals surface area contributed by atoms with Gasteiger partial charge in [0, 0.05) is 10.4 Å². The van der Waals surface area contributed by atoms with E-state index in [2.05, 4.69) is 44.0 Å². The maximum atomic E-state index is 13.2. The van der Waals surface area contributed by atoms with Gasteiger partial charge in [-0.25, -0.2) is 4.39 Å². The van der Waals surface area contributed by atoms with Crippen molar-refractivity contribution in [3.8, 4) is 0 Å². The van der Waals surface area contributed by atoms with E-state index in [1.807, 2.05) is 24.3 Å². The minimum absolute atomic E-state index is 0.239. The lowest BCUT2D eigenvalue weighted by Crippen LogP contribution is -2.15. The third kappa shape index (κ3) is 3.88. The quantitative estimate of drug-likeness (QED) is 0.813. The second-order valence-electron chi connectivity index (χ2n) is 4.44. The summed E-state index contributed by atoms with van der Waals surface area (Å²) in [6, 6.07) is 13.3. The van der Waals surface area contributed by atoms with Crippen LogP contribution in [-0.4, -0.2) is 6.54 Å². The molecule has 0 amide bonds. The zero-order valence-electron chi connectivity index (χ0n) is 10.2. The van der Waals surface area contributed by atoms with E-state index in [1.54, 1.807) is 0 Å². The van der Waals surface area contributed by atoms with Crippen LogP contribution in [0.4, 0.5) is 4.39 Å². The Morgan fingerprint density at radius 3 is 2.32 bits per heavy atom. The Bertz CT molecular complexity index is 555. The molecule has 4 heteroatoms. The van der Waals surface area contributed by atoms with Gasteiger partial charge in [0.05, 0.1) is 4.47 Å². The third-order valence-corrected chi connectivity index (χ3v) is 4.23. The van der Waals surface area contributed by atoms with Crippen LogP contribution in [0.1, 0.15) is 17.0 Å². The molecule has 2 N–H and O–H groups in total. The van der Waals surface area contributed by atoms with Crippen LogP contribution in [0.15, 0.2) is 51.4 Å². The predicted octanol–water partition coefficient (Wildman–Crippen LogP) is 4.64. The SMILES string of the molecule is NCC(Cc1ccc(F)c(Br)c1)c1ccc(Br)cc1. The summed E-state index contributed by atoms with van der Waals surface area (Å²) in [5.41, 5.74) is 8.14. The largest absolute Gasteiger partial charge is 0.330 e. The molecule has 0 spiro atoms. The molecule has 0 fully saturated rings. The smallest absolute Gasteiger partial charge is 0.137 e. The molecule has 0 aliphatic heterocycles. The summed E-state index contributed by atoms with van der Waals surface area (Å²) in [4.78, 5) is 0. The Hall–Kier alpha value is -0.710. The van der Waals surface area contributed by atoms with Gasteiger partial charge in [-0.05, 0) is 64.3 Å². The molecule has 0 aromatic heterocycles. The molecule has 100 valence electrons. The van der Waals surface area contributed by atoms with E-state index >= 15 is 0 Å². The van der Waals surface area contributed by atoms with Gasteiger partial charge in [0.25, 0.3) is 0 Å². The topological polar surface area (TPSA) is 26.0 Å². The summed E-state index contributed by atoms with van der Waals surface area (Å²) in [6.45, 7) is 0.566. The molecule has 0 aliphatic carbocycles. The molecular weight excluding hydrogens is 373 g/mol. The minimum Gasteiger partial charge on any atom is -0.330 e. The maximum absolute atomic E-state index is 13.2. The summed E-state index contributed by atoms with van der Waals surface area (Å²) in [6.07, 6.45) is 0.803. The van der Waals surface area contributed by atoms with Crippen molar-refractivity contribution in [3.63, 3.8) is 0 Å². The summed E-state index contributed by atoms with van der Waals surface area (Å²) < 4.78 is 14.8. The van der Waals surface area contributed by atoms with E-state index in [1.165, 1.54) is 11.6 Å². The zero-order chi connectivity index (χ0) is 13.8. The van der Waals surface area contributed by atoms with Gasteiger partial charge in [-0.15, -0.1) is 0 Å². The second-order valence-corrected chi connectivity index (χ2v) is 6.21. The van der Waals surface area contributed by atoms with Crippen LogP contribution in [-0.2, 0) is 6.42 Å². The molecule has 0 heterocycles. The molecule has 19 heavy (non-hydrogen) atoms. The number of benzene rings is 2. The highest BCUT2D eigenvalue weighted by atomic mass is 79.9. The number of nitrogens with two attached hydrogens (primary N) is 1. The Kier molecular flexibility index (Phi) is 5.13. The molecule has 1 unspecified atom stereocenters. The number of rotatable bonds is 4. The van der Waals surface area contributed by atoms with Crippen LogP contribution in [0.5, 0.6) is 0 Å². The fourth-order valence-corrected chi connectivity index (χ4v) is 2.71. The summed E-state index contributed by atoms with van der Waals surface area (Å²) in [5, 5.41) is 0. The molecule has 0 radical (unpaired) electrons. The number of hydrogen-bond donors (Lipinski definition) is 1. The van der Waals surface area contributed by atoms with Crippen LogP contribution < -0.4 is 5.73 Å². The van der Waals surface area contributed by atoms with Crippen molar-refractivity contribution in [1.29, 1.82) is 0 Å². The summed E-state index contributed by atoms with van der Waals surface area (Å²) >= 11 is 6.63. The molecule has 1 atom stereocenters. The normalized spacial score (nSPS) is 12.4. The standard InChI is InChI=1S/C15H14Br2FN/c16-13-4-2-11(3-5-13)12(9-19)7-10-1-6-15(18)14(17)8-10/h1-6,8,12H,7,9,19H2. The number of halogens is 3. The maximum Gasteiger partial charge on any atom is 0.137 e. The Morgan fingerprint density at radius 1 is 1.05 bits per heavy atom. The first-order valence-corrected chi connectivity index (χ1v) is 7.58. The van der Waals surface area contributed by atoms with Gasteiger partial charge in [-0.3, -0.25) is 0 Å². The molecule has 0 aliphatic rings. The summed E-state index contributed by atoms with van der Waals surface area (Å²) in [7, 11) is 0. The fraction of sp³-hybridized carbons (Fsp3) is 0.200. The highest BCUT2D eigenvalue weighted by Crippen LogP contribution is 2.24. The zero-order valence-corrected chi connectivity index (χ0v) is 13.4. The van der Waals surface area contributed by atoms with Gasteiger partial charge < -0.3 is 5.73 Å². The van der Waals surface area contributed by atoms with Crippen molar-refractivity contribution in [2.75, 3.05) is 6.54 Å². The molecule has 2 rings (SSSR count). The summed E-state index contributed by atoms with van der Waals surface area (Å²) in [5.74, 6) is 0.00199. The lowest BCUT2D eigenvalue weighted by Gasteiger charge is -2.15. The highest BCUT2D eigenvalue weighted by Gasteiger charge is 2.11. The van der Waals surface area contributed by atoms with Crippen LogP contribution in [0, 0.1) is 5.82 Å². The van der Waals surface area contributed by atoms with Gasteiger partial charge in [0.2, 0.25) is 0 Å². The lowest BCUT2D eigenvalue weighted by atomic mass is 9.92. The first kappa shape index (κ1) is 14.7. The highest BCUT2D eigenvalue weighted by molar-refractivity contribution is 9.10. The van der Waals surface area contributed by atoms with Gasteiger partial charge in [0.1, 0.15) is 5.82 Å². The van der Waals surface area contributed by atoms with E-state index in [0.29, 0.717) is 11.0 Å². The molecule has 0 saturated carbocycles. The Labute approximate surface area is 129 Å². The number of hydrogen-bond acceptors (Lipinski definition) is 1. The average molecular weight is 387 g/mol. The first-order valence-electron chi connectivity index (χ1n) is 5.99. The third-order valence-electron chi connectivity index (χ3n) is 3.09. The van der Waals surface area contributed by atoms with Crippen molar-refractivity contribution in [2.45, 2.75) is 12.3 Å². The van der Waals surface area contributed by atoms with Crippen LogP contribution in [0.25, 0.3) is 0 Å². The monoisotopic (exact) mass is 385 g/mol. The van der Waals surface area contributed by atoms with Crippen LogP contribution >= 0.6 is 31.9 Å². The molecule has 1 nitrogen and oxygen atoms in total. The van der Waals surface area contributed by atoms with Gasteiger partial charge in [0.15, 0.2) is 0 Å². The lowest BCUT2D eigenvalue weighted by molar-refractivity contribution is 0.618. The van der Waals surface area contributed by atoms with E-state index in [0.717, 1.165) is 16.5 Å². The van der Waals surface area contributed by atoms with Gasteiger partial charge in [-0.2, -0.15) is 0 Å². The molecule has 2 aromatic carbocycles. The van der Waals surface area contributed by atoms with Crippen molar-refractivity contribution in [2.24, 2.45) is 5.73 Å². The van der Waals surface area contributed by atoms with E-state index < -0.39 is 0 Å². The van der Waals surface area contributed by atoms with Crippen LogP contribution in [0.3, 0.4) is 0 Å². The van der Waals surface area contributed by atoms with Crippen molar-refractivity contribution >= 4 is 31.9 Å². The minimum atomic E-state index is -0.239. The first-order chi connectivity index (χ1) is 9.10. The van der Waals surface area contributed by atoms with Crippen molar-refractivity contribution in [3.05, 3.63) is 68.4 Å². The van der Waals surface area contributed by atoms with E-state index in [9.17, 15) is 4.39 Å². The molecule has 0 bridgehead atoms. The Balaban J connectivity index is 2.18. The molecule has 2 aromatic rings.